The van der Waals surface area contributed by atoms with Crippen LogP contribution in [0.2, 0.25) is 0 Å². The Labute approximate surface area is 138 Å². The van der Waals surface area contributed by atoms with Crippen LogP contribution in [0.15, 0.2) is 29.4 Å². The average Bonchev–Trinajstić information content (AvgIpc) is 3.16. The number of benzene rings is 1. The average molecular weight is 320 g/mol. The summed E-state index contributed by atoms with van der Waals surface area (Å²) >= 11 is 0. The van der Waals surface area contributed by atoms with Gasteiger partial charge in [0.1, 0.15) is 6.26 Å². The number of rotatable bonds is 0. The predicted molar refractivity (Wildman–Crippen MR) is 87.3 cm³/mol. The zero-order valence-electron chi connectivity index (χ0n) is 13.3. The third-order valence-electron chi connectivity index (χ3n) is 6.02. The zero-order valence-corrected chi connectivity index (χ0v) is 13.3. The maximum Gasteiger partial charge on any atom is 0.229 e. The van der Waals surface area contributed by atoms with Gasteiger partial charge in [0.05, 0.1) is 11.7 Å². The maximum absolute atomic E-state index is 13.1. The van der Waals surface area contributed by atoms with Crippen molar-refractivity contribution in [2.75, 3.05) is 0 Å². The third-order valence-corrected chi connectivity index (χ3v) is 6.02. The second kappa shape index (κ2) is 4.14. The van der Waals surface area contributed by atoms with Gasteiger partial charge in [-0.3, -0.25) is 9.59 Å². The van der Waals surface area contributed by atoms with Crippen LogP contribution in [0, 0.1) is 0 Å². The van der Waals surface area contributed by atoms with Gasteiger partial charge in [0.2, 0.25) is 5.78 Å². The number of carbonyl (C=O) groups excluding carboxylic acids is 2. The van der Waals surface area contributed by atoms with Gasteiger partial charge in [-0.25, -0.2) is 0 Å². The molecule has 4 nitrogen and oxygen atoms in total. The van der Waals surface area contributed by atoms with Crippen molar-refractivity contribution < 1.29 is 19.1 Å². The number of furan rings is 1. The fourth-order valence-electron chi connectivity index (χ4n) is 4.67. The molecule has 0 saturated heterocycles. The Hall–Kier alpha value is -2.46. The number of hydrogen-bond acceptors (Lipinski definition) is 4. The number of carbonyl (C=O) groups is 2. The van der Waals surface area contributed by atoms with Crippen molar-refractivity contribution in [1.82, 2.24) is 0 Å². The minimum absolute atomic E-state index is 0.0416. The fourth-order valence-corrected chi connectivity index (χ4v) is 4.67. The van der Waals surface area contributed by atoms with Gasteiger partial charge in [0, 0.05) is 23.0 Å². The normalized spacial score (nSPS) is 27.1. The van der Waals surface area contributed by atoms with Crippen LogP contribution in [0.1, 0.15) is 68.5 Å². The van der Waals surface area contributed by atoms with E-state index in [-0.39, 0.29) is 23.7 Å². The molecule has 1 aromatic heterocycles. The van der Waals surface area contributed by atoms with Gasteiger partial charge in [-0.1, -0.05) is 18.7 Å². The van der Waals surface area contributed by atoms with E-state index in [1.165, 1.54) is 6.26 Å². The first-order valence-electron chi connectivity index (χ1n) is 8.17. The van der Waals surface area contributed by atoms with Gasteiger partial charge in [0.25, 0.3) is 0 Å². The van der Waals surface area contributed by atoms with Crippen molar-refractivity contribution in [2.24, 2.45) is 0 Å². The molecule has 0 aliphatic heterocycles. The van der Waals surface area contributed by atoms with Crippen LogP contribution in [0.25, 0.3) is 5.57 Å². The smallest absolute Gasteiger partial charge is 0.229 e. The summed E-state index contributed by atoms with van der Waals surface area (Å²) in [5.41, 5.74) is 4.69. The van der Waals surface area contributed by atoms with Crippen molar-refractivity contribution in [3.05, 3.63) is 64.1 Å². The van der Waals surface area contributed by atoms with E-state index in [1.54, 1.807) is 0 Å². The number of fused-ring (bicyclic) bond motifs is 4. The Morgan fingerprint density at radius 1 is 1.25 bits per heavy atom. The lowest BCUT2D eigenvalue weighted by Crippen LogP contribution is -2.47. The molecule has 0 amide bonds. The summed E-state index contributed by atoms with van der Waals surface area (Å²) in [6.45, 7) is 5.99. The molecule has 0 spiro atoms. The molecule has 0 unspecified atom stereocenters. The summed E-state index contributed by atoms with van der Waals surface area (Å²) in [6.07, 6.45) is 2.16. The first kappa shape index (κ1) is 13.9. The number of aliphatic hydroxyl groups excluding tert-OH is 1. The van der Waals surface area contributed by atoms with Gasteiger partial charge in [-0.05, 0) is 42.0 Å². The van der Waals surface area contributed by atoms with Gasteiger partial charge in [-0.15, -0.1) is 0 Å². The molecule has 3 aliphatic rings. The highest BCUT2D eigenvalue weighted by atomic mass is 16.3. The van der Waals surface area contributed by atoms with Crippen molar-refractivity contribution in [1.29, 1.82) is 0 Å². The van der Waals surface area contributed by atoms with Crippen molar-refractivity contribution in [2.45, 2.75) is 37.7 Å². The highest BCUT2D eigenvalue weighted by Crippen LogP contribution is 2.52. The third kappa shape index (κ3) is 1.35. The Morgan fingerprint density at radius 3 is 2.83 bits per heavy atom. The first-order valence-corrected chi connectivity index (χ1v) is 8.17. The Kier molecular flexibility index (Phi) is 2.40. The Morgan fingerprint density at radius 2 is 2.04 bits per heavy atom. The van der Waals surface area contributed by atoms with E-state index in [2.05, 4.69) is 6.58 Å². The van der Waals surface area contributed by atoms with E-state index in [4.69, 9.17) is 4.42 Å². The lowest BCUT2D eigenvalue weighted by molar-refractivity contribution is 0.0672. The SMILES string of the molecule is C=C1CCc2c1ccc1c2C(=O)c2occ3c2[C@]1(C)[C@H](O)CC3=O. The van der Waals surface area contributed by atoms with Crippen molar-refractivity contribution in [3.8, 4) is 0 Å². The Balaban J connectivity index is 1.91. The number of hydrogen-bond donors (Lipinski definition) is 1. The predicted octanol–water partition coefficient (Wildman–Crippen LogP) is 3.04. The van der Waals surface area contributed by atoms with Crippen LogP contribution < -0.4 is 0 Å². The first-order chi connectivity index (χ1) is 11.4. The minimum atomic E-state index is -0.872. The molecule has 3 aliphatic carbocycles. The molecule has 0 saturated carbocycles. The minimum Gasteiger partial charge on any atom is -0.460 e. The molecule has 120 valence electrons. The number of ketones is 2. The highest BCUT2D eigenvalue weighted by molar-refractivity contribution is 6.16. The Bertz CT molecular complexity index is 978. The van der Waals surface area contributed by atoms with E-state index in [9.17, 15) is 14.7 Å². The lowest BCUT2D eigenvalue weighted by Gasteiger charge is -2.42. The van der Waals surface area contributed by atoms with E-state index in [0.29, 0.717) is 16.7 Å². The van der Waals surface area contributed by atoms with Crippen molar-refractivity contribution in [3.63, 3.8) is 0 Å². The molecular weight excluding hydrogens is 304 g/mol. The summed E-state index contributed by atoms with van der Waals surface area (Å²) in [5, 5.41) is 10.8. The van der Waals surface area contributed by atoms with Gasteiger partial charge in [0.15, 0.2) is 11.5 Å². The second-order valence-corrected chi connectivity index (χ2v) is 7.15. The maximum atomic E-state index is 13.1. The molecule has 0 bridgehead atoms. The number of Topliss-reactive ketones (excluding diaryl/α,β-unsaturated/α-hetero) is 1. The van der Waals surface area contributed by atoms with Crippen LogP contribution in [0.5, 0.6) is 0 Å². The van der Waals surface area contributed by atoms with Gasteiger partial charge in [-0.2, -0.15) is 0 Å². The summed E-state index contributed by atoms with van der Waals surface area (Å²) in [4.78, 5) is 25.4. The quantitative estimate of drug-likeness (QED) is 0.810. The summed E-state index contributed by atoms with van der Waals surface area (Å²) < 4.78 is 5.52. The molecule has 24 heavy (non-hydrogen) atoms. The number of aliphatic hydroxyl groups is 1. The molecule has 0 fully saturated rings. The van der Waals surface area contributed by atoms with E-state index in [1.807, 2.05) is 19.1 Å². The molecule has 1 N–H and O–H groups in total. The van der Waals surface area contributed by atoms with Crippen LogP contribution in [-0.4, -0.2) is 22.8 Å². The zero-order chi connectivity index (χ0) is 16.8. The van der Waals surface area contributed by atoms with Gasteiger partial charge >= 0.3 is 0 Å². The lowest BCUT2D eigenvalue weighted by atomic mass is 9.60. The van der Waals surface area contributed by atoms with Crippen molar-refractivity contribution >= 4 is 17.1 Å². The summed E-state index contributed by atoms with van der Waals surface area (Å²) in [6, 6.07) is 3.91. The van der Waals surface area contributed by atoms with Crippen LogP contribution in [0.4, 0.5) is 0 Å². The molecule has 2 aromatic rings. The van der Waals surface area contributed by atoms with E-state index >= 15 is 0 Å². The molecule has 1 heterocycles. The molecule has 1 aromatic carbocycles. The van der Waals surface area contributed by atoms with Crippen LogP contribution >= 0.6 is 0 Å². The molecule has 4 heteroatoms. The van der Waals surface area contributed by atoms with Crippen LogP contribution in [0.3, 0.4) is 0 Å². The largest absolute Gasteiger partial charge is 0.460 e. The standard InChI is InChI=1S/C20H16O4/c1-9-3-4-11-10(9)5-6-13-16(11)18(23)19-17-12(8-24-19)14(21)7-15(22)20(13,17)2/h5-6,8,15,22H,1,3-4,7H2,2H3/t15-,20+/m1/s1. The topological polar surface area (TPSA) is 67.5 Å². The molecule has 2 atom stereocenters. The fraction of sp³-hybridized carbons (Fsp3) is 0.300. The monoisotopic (exact) mass is 320 g/mol. The molecule has 0 radical (unpaired) electrons. The highest BCUT2D eigenvalue weighted by Gasteiger charge is 2.53. The van der Waals surface area contributed by atoms with E-state index in [0.717, 1.165) is 35.1 Å². The van der Waals surface area contributed by atoms with Gasteiger partial charge < -0.3 is 9.52 Å². The summed E-state index contributed by atoms with van der Waals surface area (Å²) in [5.74, 6) is -0.147. The summed E-state index contributed by atoms with van der Waals surface area (Å²) in [7, 11) is 0. The van der Waals surface area contributed by atoms with Crippen LogP contribution in [-0.2, 0) is 11.8 Å². The second-order valence-electron chi connectivity index (χ2n) is 7.15. The molecule has 5 rings (SSSR count). The van der Waals surface area contributed by atoms with E-state index < -0.39 is 11.5 Å². The molecular formula is C20H16O4. The number of allylic oxidation sites excluding steroid dienone is 1.